The van der Waals surface area contributed by atoms with E-state index < -0.39 is 29.4 Å². The fourth-order valence-electron chi connectivity index (χ4n) is 3.82. The Morgan fingerprint density at radius 2 is 1.56 bits per heavy atom. The molecule has 0 bridgehead atoms. The molecule has 32 heavy (non-hydrogen) atoms. The van der Waals surface area contributed by atoms with Crippen LogP contribution in [0.15, 0.2) is 84.9 Å². The van der Waals surface area contributed by atoms with E-state index in [2.05, 4.69) is 5.32 Å². The van der Waals surface area contributed by atoms with Crippen LogP contribution < -0.4 is 10.1 Å². The Morgan fingerprint density at radius 1 is 0.938 bits per heavy atom. The van der Waals surface area contributed by atoms with Crippen molar-refractivity contribution in [3.8, 4) is 5.75 Å². The molecular weight excluding hydrogens is 411 g/mol. The molecule has 164 valence electrons. The van der Waals surface area contributed by atoms with Gasteiger partial charge < -0.3 is 15.2 Å². The van der Waals surface area contributed by atoms with E-state index in [0.717, 1.165) is 10.5 Å². The summed E-state index contributed by atoms with van der Waals surface area (Å²) in [6.07, 6.45) is -0.834. The van der Waals surface area contributed by atoms with Crippen LogP contribution in [-0.2, 0) is 16.8 Å². The minimum Gasteiger partial charge on any atom is -0.491 e. The van der Waals surface area contributed by atoms with Crippen LogP contribution in [0.5, 0.6) is 5.75 Å². The Balaban J connectivity index is 1.52. The molecule has 3 aromatic rings. The Morgan fingerprint density at radius 3 is 2.22 bits per heavy atom. The normalized spacial score (nSPS) is 19.0. The van der Waals surface area contributed by atoms with E-state index >= 15 is 0 Å². The summed E-state index contributed by atoms with van der Waals surface area (Å²) in [5.41, 5.74) is 0.297. The molecule has 0 unspecified atom stereocenters. The van der Waals surface area contributed by atoms with Crippen LogP contribution in [0, 0.1) is 5.82 Å². The van der Waals surface area contributed by atoms with Gasteiger partial charge in [-0.05, 0) is 35.4 Å². The number of benzene rings is 3. The first kappa shape index (κ1) is 21.5. The molecule has 1 aliphatic heterocycles. The van der Waals surface area contributed by atoms with E-state index in [4.69, 9.17) is 4.74 Å². The largest absolute Gasteiger partial charge is 0.491 e. The first-order valence-electron chi connectivity index (χ1n) is 10.3. The lowest BCUT2D eigenvalue weighted by Crippen LogP contribution is -2.46. The molecule has 1 heterocycles. The van der Waals surface area contributed by atoms with Crippen molar-refractivity contribution in [2.24, 2.45) is 0 Å². The van der Waals surface area contributed by atoms with Gasteiger partial charge in [0.1, 0.15) is 24.3 Å². The number of hydrogen-bond donors (Lipinski definition) is 2. The molecule has 7 heteroatoms. The van der Waals surface area contributed by atoms with Crippen LogP contribution in [0.1, 0.15) is 11.1 Å². The average molecular weight is 434 g/mol. The molecule has 0 aromatic heterocycles. The molecule has 1 aliphatic rings. The van der Waals surface area contributed by atoms with Crippen molar-refractivity contribution in [2.45, 2.75) is 18.1 Å². The molecule has 3 amide bonds. The monoisotopic (exact) mass is 434 g/mol. The zero-order valence-electron chi connectivity index (χ0n) is 17.3. The average Bonchev–Trinajstić information content (AvgIpc) is 3.05. The summed E-state index contributed by atoms with van der Waals surface area (Å²) < 4.78 is 18.5. The third-order valence-electron chi connectivity index (χ3n) is 5.40. The number of β-amino-alcohol motifs (C(OH)–C–C–N with tert-alkyl or cyclic N) is 1. The summed E-state index contributed by atoms with van der Waals surface area (Å²) in [6.45, 7) is -0.380. The Bertz CT molecular complexity index is 1080. The lowest BCUT2D eigenvalue weighted by molar-refractivity contribution is -0.132. The third-order valence-corrected chi connectivity index (χ3v) is 5.40. The van der Waals surface area contributed by atoms with Gasteiger partial charge in [0, 0.05) is 6.42 Å². The topological polar surface area (TPSA) is 78.9 Å². The second kappa shape index (κ2) is 9.20. The summed E-state index contributed by atoms with van der Waals surface area (Å²) in [7, 11) is 0. The number of nitrogens with one attached hydrogen (secondary N) is 1. The number of nitrogens with zero attached hydrogens (tertiary/aromatic N) is 1. The van der Waals surface area contributed by atoms with E-state index in [1.807, 2.05) is 48.5 Å². The highest BCUT2D eigenvalue weighted by Crippen LogP contribution is 2.33. The van der Waals surface area contributed by atoms with Crippen molar-refractivity contribution in [1.82, 2.24) is 10.2 Å². The second-order valence-corrected chi connectivity index (χ2v) is 7.70. The number of rotatable bonds is 8. The lowest BCUT2D eigenvalue weighted by Gasteiger charge is -2.28. The highest BCUT2D eigenvalue weighted by molar-refractivity contribution is 6.07. The molecule has 1 fully saturated rings. The maximum Gasteiger partial charge on any atom is 0.325 e. The van der Waals surface area contributed by atoms with Gasteiger partial charge in [-0.2, -0.15) is 0 Å². The van der Waals surface area contributed by atoms with Gasteiger partial charge in [0.2, 0.25) is 0 Å². The zero-order chi connectivity index (χ0) is 22.6. The third kappa shape index (κ3) is 4.48. The predicted molar refractivity (Wildman–Crippen MR) is 116 cm³/mol. The maximum absolute atomic E-state index is 13.5. The van der Waals surface area contributed by atoms with Gasteiger partial charge in [0.15, 0.2) is 5.54 Å². The van der Waals surface area contributed by atoms with Crippen molar-refractivity contribution in [2.75, 3.05) is 13.2 Å². The number of urea groups is 1. The van der Waals surface area contributed by atoms with Crippen LogP contribution in [0.25, 0.3) is 0 Å². The van der Waals surface area contributed by atoms with Gasteiger partial charge in [-0.25, -0.2) is 9.18 Å². The SMILES string of the molecule is O=C1N[C@@](Cc2ccccc2)(c2ccccc2)C(=O)N1C[C@@H](O)COc1ccc(F)cc1. The standard InChI is InChI=1S/C25H23FN2O4/c26-20-11-13-22(14-12-20)32-17-21(29)16-28-23(30)25(27-24(28)31,19-9-5-2-6-10-19)15-18-7-3-1-4-8-18/h1-14,21,29H,15-17H2,(H,27,31)/t21-,25+/m1/s1. The number of aliphatic hydroxyl groups excluding tert-OH is 1. The number of halogens is 1. The molecule has 2 N–H and O–H groups in total. The molecule has 0 spiro atoms. The lowest BCUT2D eigenvalue weighted by atomic mass is 9.83. The van der Waals surface area contributed by atoms with Crippen LogP contribution in [-0.4, -0.2) is 41.2 Å². The van der Waals surface area contributed by atoms with Gasteiger partial charge in [-0.1, -0.05) is 60.7 Å². The van der Waals surface area contributed by atoms with Crippen molar-refractivity contribution >= 4 is 11.9 Å². The summed E-state index contributed by atoms with van der Waals surface area (Å²) in [4.78, 5) is 27.4. The van der Waals surface area contributed by atoms with Gasteiger partial charge in [-0.3, -0.25) is 9.69 Å². The van der Waals surface area contributed by atoms with Crippen LogP contribution in [0.4, 0.5) is 9.18 Å². The van der Waals surface area contributed by atoms with Gasteiger partial charge in [-0.15, -0.1) is 0 Å². The number of aliphatic hydroxyl groups is 1. The second-order valence-electron chi connectivity index (χ2n) is 7.70. The molecule has 2 atom stereocenters. The molecule has 0 saturated carbocycles. The van der Waals surface area contributed by atoms with Gasteiger partial charge in [0.05, 0.1) is 6.54 Å². The van der Waals surface area contributed by atoms with Crippen LogP contribution in [0.3, 0.4) is 0 Å². The number of carbonyl (C=O) groups excluding carboxylic acids is 2. The Labute approximate surface area is 185 Å². The van der Waals surface area contributed by atoms with Gasteiger partial charge in [0.25, 0.3) is 5.91 Å². The number of carbonyl (C=O) groups is 2. The maximum atomic E-state index is 13.5. The summed E-state index contributed by atoms with van der Waals surface area (Å²) in [6, 6.07) is 23.3. The van der Waals surface area contributed by atoms with E-state index in [0.29, 0.717) is 11.3 Å². The summed E-state index contributed by atoms with van der Waals surface area (Å²) in [5.74, 6) is -0.448. The number of imide groups is 1. The van der Waals surface area contributed by atoms with Crippen LogP contribution in [0.2, 0.25) is 0 Å². The number of amides is 3. The highest BCUT2D eigenvalue weighted by atomic mass is 19.1. The Kier molecular flexibility index (Phi) is 6.18. The quantitative estimate of drug-likeness (QED) is 0.534. The fraction of sp³-hybridized carbons (Fsp3) is 0.200. The first-order chi connectivity index (χ1) is 15.5. The molecule has 0 aliphatic carbocycles. The molecule has 0 radical (unpaired) electrons. The molecule has 1 saturated heterocycles. The molecule has 3 aromatic carbocycles. The molecule has 4 rings (SSSR count). The summed E-state index contributed by atoms with van der Waals surface area (Å²) in [5, 5.41) is 13.3. The number of hydrogen-bond acceptors (Lipinski definition) is 4. The van der Waals surface area contributed by atoms with Crippen molar-refractivity contribution in [1.29, 1.82) is 0 Å². The summed E-state index contributed by atoms with van der Waals surface area (Å²) >= 11 is 0. The Hall–Kier alpha value is -3.71. The highest BCUT2D eigenvalue weighted by Gasteiger charge is 2.52. The van der Waals surface area contributed by atoms with E-state index in [9.17, 15) is 19.1 Å². The van der Waals surface area contributed by atoms with Crippen molar-refractivity contribution in [3.05, 3.63) is 102 Å². The van der Waals surface area contributed by atoms with Crippen LogP contribution >= 0.6 is 0 Å². The first-order valence-corrected chi connectivity index (χ1v) is 10.3. The smallest absolute Gasteiger partial charge is 0.325 e. The van der Waals surface area contributed by atoms with E-state index in [1.54, 1.807) is 12.1 Å². The molecular formula is C25H23FN2O4. The fourth-order valence-corrected chi connectivity index (χ4v) is 3.82. The van der Waals surface area contributed by atoms with Gasteiger partial charge >= 0.3 is 6.03 Å². The number of ether oxygens (including phenoxy) is 1. The van der Waals surface area contributed by atoms with E-state index in [1.165, 1.54) is 24.3 Å². The van der Waals surface area contributed by atoms with Crippen molar-refractivity contribution in [3.63, 3.8) is 0 Å². The molecule has 6 nitrogen and oxygen atoms in total. The minimum absolute atomic E-state index is 0.153. The zero-order valence-corrected chi connectivity index (χ0v) is 17.3. The van der Waals surface area contributed by atoms with Crippen molar-refractivity contribution < 1.29 is 23.8 Å². The minimum atomic E-state index is -1.27. The van der Waals surface area contributed by atoms with E-state index in [-0.39, 0.29) is 19.6 Å². The predicted octanol–water partition coefficient (Wildman–Crippen LogP) is 3.26.